The Bertz CT molecular complexity index is 692. The first-order chi connectivity index (χ1) is 15.7. The molecule has 1 fully saturated rings. The first kappa shape index (κ1) is 26.5. The number of nitrogens with zero attached hydrogens (tertiary/aromatic N) is 2. The van der Waals surface area contributed by atoms with Gasteiger partial charge in [0.15, 0.2) is 0 Å². The van der Waals surface area contributed by atoms with Crippen LogP contribution in [0, 0.1) is 0 Å². The molecule has 0 N–H and O–H groups in total. The van der Waals surface area contributed by atoms with Crippen LogP contribution >= 0.6 is 11.6 Å². The first-order valence-corrected chi connectivity index (χ1v) is 13.2. The van der Waals surface area contributed by atoms with Gasteiger partial charge in [-0.1, -0.05) is 87.1 Å². The van der Waals surface area contributed by atoms with Gasteiger partial charge in [0.25, 0.3) is 0 Å². The number of amides is 1. The molecule has 0 spiro atoms. The maximum atomic E-state index is 12.5. The zero-order chi connectivity index (χ0) is 22.9. The predicted molar refractivity (Wildman–Crippen MR) is 140 cm³/mol. The van der Waals surface area contributed by atoms with Crippen LogP contribution in [0.25, 0.3) is 0 Å². The second kappa shape index (κ2) is 16.8. The highest BCUT2D eigenvalue weighted by Gasteiger charge is 2.21. The third kappa shape index (κ3) is 10.7. The number of hydrogen-bond acceptors (Lipinski definition) is 2. The summed E-state index contributed by atoms with van der Waals surface area (Å²) in [5, 5.41) is 0.789. The van der Waals surface area contributed by atoms with Crippen LogP contribution in [0.3, 0.4) is 0 Å². The summed E-state index contributed by atoms with van der Waals surface area (Å²) in [7, 11) is 0. The zero-order valence-electron chi connectivity index (χ0n) is 20.1. The standard InChI is InChI=1S/C28H43ClN2O/c1-2-3-4-5-6-7-8-9-10-11-12-13-14-15-16-21-28(32)31-24-22-30(23-25-31)27-20-18-17-19-26(27)29/h6-7,9-10,17-20H,2-5,8,11-16,21-25H2,1H3/b7-6-,10-9-. The molecule has 1 aliphatic rings. The average Bonchev–Trinajstić information content (AvgIpc) is 2.82. The number of carbonyl (C=O) groups is 1. The Morgan fingerprint density at radius 1 is 0.844 bits per heavy atom. The van der Waals surface area contributed by atoms with Crippen LogP contribution in [0.4, 0.5) is 5.69 Å². The lowest BCUT2D eigenvalue weighted by Crippen LogP contribution is -2.48. The van der Waals surface area contributed by atoms with Gasteiger partial charge in [0.2, 0.25) is 5.91 Å². The number of halogens is 1. The number of carbonyl (C=O) groups excluding carboxylic acids is 1. The quantitative estimate of drug-likeness (QED) is 0.197. The highest BCUT2D eigenvalue weighted by atomic mass is 35.5. The molecular formula is C28H43ClN2O. The van der Waals surface area contributed by atoms with Crippen molar-refractivity contribution in [1.29, 1.82) is 0 Å². The van der Waals surface area contributed by atoms with E-state index in [0.29, 0.717) is 12.3 Å². The van der Waals surface area contributed by atoms with Crippen molar-refractivity contribution >= 4 is 23.2 Å². The van der Waals surface area contributed by atoms with Gasteiger partial charge in [0.05, 0.1) is 10.7 Å². The van der Waals surface area contributed by atoms with E-state index in [-0.39, 0.29) is 0 Å². The lowest BCUT2D eigenvalue weighted by atomic mass is 10.1. The van der Waals surface area contributed by atoms with E-state index in [0.717, 1.165) is 56.2 Å². The molecule has 0 saturated carbocycles. The van der Waals surface area contributed by atoms with Gasteiger partial charge in [-0.2, -0.15) is 0 Å². The van der Waals surface area contributed by atoms with Crippen molar-refractivity contribution in [2.24, 2.45) is 0 Å². The van der Waals surface area contributed by atoms with Crippen molar-refractivity contribution in [1.82, 2.24) is 4.90 Å². The Morgan fingerprint density at radius 3 is 2.16 bits per heavy atom. The predicted octanol–water partition coefficient (Wildman–Crippen LogP) is 7.80. The Morgan fingerprint density at radius 2 is 1.47 bits per heavy atom. The molecule has 32 heavy (non-hydrogen) atoms. The van der Waals surface area contributed by atoms with Crippen molar-refractivity contribution in [2.45, 2.75) is 84.0 Å². The van der Waals surface area contributed by atoms with Crippen molar-refractivity contribution in [3.8, 4) is 0 Å². The Labute approximate surface area is 201 Å². The van der Waals surface area contributed by atoms with Crippen molar-refractivity contribution in [2.75, 3.05) is 31.1 Å². The molecule has 1 amide bonds. The molecule has 1 aromatic carbocycles. The van der Waals surface area contributed by atoms with E-state index in [4.69, 9.17) is 11.6 Å². The van der Waals surface area contributed by atoms with E-state index in [1.165, 1.54) is 51.4 Å². The molecule has 1 aromatic rings. The fourth-order valence-corrected chi connectivity index (χ4v) is 4.41. The van der Waals surface area contributed by atoms with Crippen molar-refractivity contribution < 1.29 is 4.79 Å². The van der Waals surface area contributed by atoms with E-state index >= 15 is 0 Å². The Balaban J connectivity index is 1.44. The van der Waals surface area contributed by atoms with Gasteiger partial charge in [-0.05, 0) is 50.7 Å². The molecule has 0 atom stereocenters. The Hall–Kier alpha value is -1.74. The zero-order valence-corrected chi connectivity index (χ0v) is 20.9. The lowest BCUT2D eigenvalue weighted by Gasteiger charge is -2.36. The number of rotatable bonds is 15. The first-order valence-electron chi connectivity index (χ1n) is 12.8. The maximum Gasteiger partial charge on any atom is 0.222 e. The fourth-order valence-electron chi connectivity index (χ4n) is 4.15. The number of hydrogen-bond donors (Lipinski definition) is 0. The highest BCUT2D eigenvalue weighted by Crippen LogP contribution is 2.26. The molecule has 0 bridgehead atoms. The molecule has 0 radical (unpaired) electrons. The minimum atomic E-state index is 0.314. The lowest BCUT2D eigenvalue weighted by molar-refractivity contribution is -0.131. The second-order valence-corrected chi connectivity index (χ2v) is 9.21. The van der Waals surface area contributed by atoms with Gasteiger partial charge in [-0.25, -0.2) is 0 Å². The van der Waals surface area contributed by atoms with E-state index in [9.17, 15) is 4.79 Å². The van der Waals surface area contributed by atoms with Crippen LogP contribution in [-0.4, -0.2) is 37.0 Å². The average molecular weight is 459 g/mol. The summed E-state index contributed by atoms with van der Waals surface area (Å²) in [6.07, 6.45) is 23.3. The summed E-state index contributed by atoms with van der Waals surface area (Å²) in [5.41, 5.74) is 1.08. The van der Waals surface area contributed by atoms with Crippen LogP contribution in [0.2, 0.25) is 5.02 Å². The second-order valence-electron chi connectivity index (χ2n) is 8.80. The molecule has 1 aliphatic heterocycles. The van der Waals surface area contributed by atoms with Crippen LogP contribution < -0.4 is 4.90 Å². The maximum absolute atomic E-state index is 12.5. The van der Waals surface area contributed by atoms with Gasteiger partial charge < -0.3 is 9.80 Å². The largest absolute Gasteiger partial charge is 0.367 e. The number of piperazine rings is 1. The van der Waals surface area contributed by atoms with Crippen LogP contribution in [0.15, 0.2) is 48.6 Å². The minimum absolute atomic E-state index is 0.314. The monoisotopic (exact) mass is 458 g/mol. The SMILES string of the molecule is CCCCC/C=C\C/C=C\CCCCCCCC(=O)N1CCN(c2ccccc2Cl)CC1. The summed E-state index contributed by atoms with van der Waals surface area (Å²) in [6.45, 7) is 5.56. The van der Waals surface area contributed by atoms with Gasteiger partial charge in [0.1, 0.15) is 0 Å². The molecule has 0 unspecified atom stereocenters. The summed E-state index contributed by atoms with van der Waals surface area (Å²) in [5.74, 6) is 0.314. The molecule has 2 rings (SSSR count). The number of unbranched alkanes of at least 4 members (excludes halogenated alkanes) is 8. The van der Waals surface area contributed by atoms with Crippen molar-refractivity contribution in [3.63, 3.8) is 0 Å². The van der Waals surface area contributed by atoms with Gasteiger partial charge in [0, 0.05) is 32.6 Å². The molecule has 4 heteroatoms. The topological polar surface area (TPSA) is 23.6 Å². The van der Waals surface area contributed by atoms with E-state index in [1.807, 2.05) is 23.1 Å². The number of allylic oxidation sites excluding steroid dienone is 4. The minimum Gasteiger partial charge on any atom is -0.367 e. The van der Waals surface area contributed by atoms with Crippen LogP contribution in [0.5, 0.6) is 0 Å². The molecule has 178 valence electrons. The fraction of sp³-hybridized carbons (Fsp3) is 0.607. The molecule has 1 saturated heterocycles. The number of benzene rings is 1. The summed E-state index contributed by atoms with van der Waals surface area (Å²) in [4.78, 5) is 16.8. The summed E-state index contributed by atoms with van der Waals surface area (Å²) < 4.78 is 0. The van der Waals surface area contributed by atoms with Gasteiger partial charge in [-0.3, -0.25) is 4.79 Å². The van der Waals surface area contributed by atoms with E-state index < -0.39 is 0 Å². The Kier molecular flexibility index (Phi) is 13.9. The number of anilines is 1. The normalized spacial score (nSPS) is 14.7. The van der Waals surface area contributed by atoms with Crippen LogP contribution in [0.1, 0.15) is 84.0 Å². The highest BCUT2D eigenvalue weighted by molar-refractivity contribution is 6.33. The molecule has 1 heterocycles. The molecule has 0 aromatic heterocycles. The molecule has 0 aliphatic carbocycles. The van der Waals surface area contributed by atoms with E-state index in [2.05, 4.69) is 42.2 Å². The third-order valence-electron chi connectivity index (χ3n) is 6.17. The number of para-hydroxylation sites is 1. The molecular weight excluding hydrogens is 416 g/mol. The smallest absolute Gasteiger partial charge is 0.222 e. The summed E-state index contributed by atoms with van der Waals surface area (Å²) in [6, 6.07) is 7.96. The summed E-state index contributed by atoms with van der Waals surface area (Å²) >= 11 is 6.31. The van der Waals surface area contributed by atoms with Crippen molar-refractivity contribution in [3.05, 3.63) is 53.6 Å². The van der Waals surface area contributed by atoms with E-state index in [1.54, 1.807) is 0 Å². The van der Waals surface area contributed by atoms with Crippen LogP contribution in [-0.2, 0) is 4.79 Å². The van der Waals surface area contributed by atoms with Gasteiger partial charge in [-0.15, -0.1) is 0 Å². The van der Waals surface area contributed by atoms with Gasteiger partial charge >= 0.3 is 0 Å². The molecule has 3 nitrogen and oxygen atoms in total. The third-order valence-corrected chi connectivity index (χ3v) is 6.49.